The minimum absolute atomic E-state index is 0.0445. The first kappa shape index (κ1) is 19.2. The number of carbonyl (C=O) groups is 2. The Balaban J connectivity index is 2.09. The first-order chi connectivity index (χ1) is 12.1. The van der Waals surface area contributed by atoms with Crippen LogP contribution in [-0.2, 0) is 14.3 Å². The molecule has 0 spiro atoms. The molecule has 2 rings (SSSR count). The number of nitrogens with zero attached hydrogens (tertiary/aromatic N) is 2. The van der Waals surface area contributed by atoms with Crippen LogP contribution in [0.2, 0.25) is 0 Å². The first-order valence-corrected chi connectivity index (χ1v) is 9.10. The molecule has 0 atom stereocenters. The van der Waals surface area contributed by atoms with Gasteiger partial charge in [-0.15, -0.1) is 0 Å². The van der Waals surface area contributed by atoms with Crippen molar-refractivity contribution < 1.29 is 14.3 Å². The van der Waals surface area contributed by atoms with E-state index >= 15 is 0 Å². The van der Waals surface area contributed by atoms with Crippen molar-refractivity contribution in [2.45, 2.75) is 33.1 Å². The van der Waals surface area contributed by atoms with Gasteiger partial charge in [-0.2, -0.15) is 0 Å². The number of benzene rings is 1. The molecule has 1 N–H and O–H groups in total. The summed E-state index contributed by atoms with van der Waals surface area (Å²) >= 11 is 0. The van der Waals surface area contributed by atoms with Gasteiger partial charge >= 0.3 is 0 Å². The number of ether oxygens (including phenoxy) is 1. The van der Waals surface area contributed by atoms with Crippen LogP contribution in [0.1, 0.15) is 33.1 Å². The number of unbranched alkanes of at least 4 members (excludes halogenated alkanes) is 2. The van der Waals surface area contributed by atoms with Gasteiger partial charge in [0, 0.05) is 26.6 Å². The van der Waals surface area contributed by atoms with Crippen LogP contribution in [0, 0.1) is 0 Å². The summed E-state index contributed by atoms with van der Waals surface area (Å²) in [7, 11) is 0. The van der Waals surface area contributed by atoms with E-state index in [1.807, 2.05) is 24.3 Å². The fourth-order valence-electron chi connectivity index (χ4n) is 2.93. The SMILES string of the molecule is CCCCCNC(=O)CN(C(C)=O)c1ccccc1N1CCOCC1. The topological polar surface area (TPSA) is 61.9 Å². The Bertz CT molecular complexity index is 571. The highest BCUT2D eigenvalue weighted by atomic mass is 16.5. The Labute approximate surface area is 150 Å². The zero-order valence-electron chi connectivity index (χ0n) is 15.3. The summed E-state index contributed by atoms with van der Waals surface area (Å²) in [6.45, 7) is 7.24. The summed E-state index contributed by atoms with van der Waals surface area (Å²) in [6.07, 6.45) is 3.17. The number of rotatable bonds is 8. The molecule has 0 aromatic heterocycles. The average molecular weight is 347 g/mol. The zero-order chi connectivity index (χ0) is 18.1. The van der Waals surface area contributed by atoms with E-state index in [0.29, 0.717) is 19.8 Å². The van der Waals surface area contributed by atoms with Crippen LogP contribution in [0.15, 0.2) is 24.3 Å². The normalized spacial score (nSPS) is 14.2. The quantitative estimate of drug-likeness (QED) is 0.732. The summed E-state index contributed by atoms with van der Waals surface area (Å²) < 4.78 is 5.41. The van der Waals surface area contributed by atoms with E-state index in [0.717, 1.165) is 43.7 Å². The lowest BCUT2D eigenvalue weighted by atomic mass is 10.2. The van der Waals surface area contributed by atoms with Crippen LogP contribution in [0.3, 0.4) is 0 Å². The highest BCUT2D eigenvalue weighted by molar-refractivity contribution is 6.00. The van der Waals surface area contributed by atoms with Crippen molar-refractivity contribution in [3.8, 4) is 0 Å². The molecule has 25 heavy (non-hydrogen) atoms. The van der Waals surface area contributed by atoms with E-state index in [-0.39, 0.29) is 18.4 Å². The maximum Gasteiger partial charge on any atom is 0.240 e. The molecule has 1 heterocycles. The Morgan fingerprint density at radius 3 is 2.60 bits per heavy atom. The van der Waals surface area contributed by atoms with Crippen LogP contribution in [0.5, 0.6) is 0 Å². The van der Waals surface area contributed by atoms with Crippen molar-refractivity contribution in [3.05, 3.63) is 24.3 Å². The Kier molecular flexibility index (Phi) is 7.73. The first-order valence-electron chi connectivity index (χ1n) is 9.10. The maximum atomic E-state index is 12.2. The number of para-hydroxylation sites is 2. The molecule has 0 bridgehead atoms. The van der Waals surface area contributed by atoms with Crippen LogP contribution in [-0.4, -0.2) is 51.2 Å². The molecule has 0 aliphatic carbocycles. The largest absolute Gasteiger partial charge is 0.378 e. The van der Waals surface area contributed by atoms with Crippen LogP contribution in [0.4, 0.5) is 11.4 Å². The second-order valence-corrected chi connectivity index (χ2v) is 6.25. The summed E-state index contributed by atoms with van der Waals surface area (Å²) in [4.78, 5) is 28.2. The summed E-state index contributed by atoms with van der Waals surface area (Å²) in [5.41, 5.74) is 1.75. The smallest absolute Gasteiger partial charge is 0.240 e. The van der Waals surface area contributed by atoms with Gasteiger partial charge in [-0.1, -0.05) is 31.9 Å². The summed E-state index contributed by atoms with van der Waals surface area (Å²) in [5.74, 6) is -0.257. The fraction of sp³-hybridized carbons (Fsp3) is 0.579. The third-order valence-corrected chi connectivity index (χ3v) is 4.31. The van der Waals surface area contributed by atoms with Gasteiger partial charge in [0.15, 0.2) is 0 Å². The lowest BCUT2D eigenvalue weighted by Crippen LogP contribution is -2.42. The molecule has 6 heteroatoms. The van der Waals surface area contributed by atoms with Crippen molar-refractivity contribution in [3.63, 3.8) is 0 Å². The molecule has 2 amide bonds. The number of morpholine rings is 1. The third kappa shape index (κ3) is 5.74. The Hall–Kier alpha value is -2.08. The molecule has 1 aliphatic rings. The molecule has 1 aromatic carbocycles. The minimum atomic E-state index is -0.135. The van der Waals surface area contributed by atoms with E-state index < -0.39 is 0 Å². The van der Waals surface area contributed by atoms with E-state index in [9.17, 15) is 9.59 Å². The van der Waals surface area contributed by atoms with Crippen LogP contribution < -0.4 is 15.1 Å². The van der Waals surface area contributed by atoms with Gasteiger partial charge in [0.1, 0.15) is 6.54 Å². The van der Waals surface area contributed by atoms with Crippen molar-refractivity contribution in [1.82, 2.24) is 5.32 Å². The summed E-state index contributed by atoms with van der Waals surface area (Å²) in [5, 5.41) is 2.91. The van der Waals surface area contributed by atoms with Crippen LogP contribution in [0.25, 0.3) is 0 Å². The lowest BCUT2D eigenvalue weighted by molar-refractivity contribution is -0.123. The molecular formula is C19H29N3O3. The van der Waals surface area contributed by atoms with E-state index in [1.165, 1.54) is 6.92 Å². The van der Waals surface area contributed by atoms with E-state index in [2.05, 4.69) is 17.1 Å². The number of anilines is 2. The number of nitrogens with one attached hydrogen (secondary N) is 1. The third-order valence-electron chi connectivity index (χ3n) is 4.31. The van der Waals surface area contributed by atoms with Gasteiger partial charge in [0.05, 0.1) is 24.6 Å². The lowest BCUT2D eigenvalue weighted by Gasteiger charge is -2.33. The van der Waals surface area contributed by atoms with Crippen LogP contribution >= 0.6 is 0 Å². The maximum absolute atomic E-state index is 12.2. The number of hydrogen-bond donors (Lipinski definition) is 1. The van der Waals surface area contributed by atoms with Gasteiger partial charge in [-0.3, -0.25) is 9.59 Å². The average Bonchev–Trinajstić information content (AvgIpc) is 2.64. The molecule has 1 aromatic rings. The molecule has 1 saturated heterocycles. The monoisotopic (exact) mass is 347 g/mol. The molecule has 0 saturated carbocycles. The second-order valence-electron chi connectivity index (χ2n) is 6.25. The molecule has 0 unspecified atom stereocenters. The van der Waals surface area contributed by atoms with Gasteiger partial charge in [0.25, 0.3) is 0 Å². The van der Waals surface area contributed by atoms with Crippen molar-refractivity contribution in [1.29, 1.82) is 0 Å². The van der Waals surface area contributed by atoms with Crippen molar-refractivity contribution >= 4 is 23.2 Å². The van der Waals surface area contributed by atoms with E-state index in [4.69, 9.17) is 4.74 Å². The molecule has 1 fully saturated rings. The zero-order valence-corrected chi connectivity index (χ0v) is 15.3. The number of amides is 2. The molecule has 1 aliphatic heterocycles. The highest BCUT2D eigenvalue weighted by Gasteiger charge is 2.22. The highest BCUT2D eigenvalue weighted by Crippen LogP contribution is 2.30. The number of carbonyl (C=O) groups excluding carboxylic acids is 2. The van der Waals surface area contributed by atoms with Gasteiger partial charge in [0.2, 0.25) is 11.8 Å². The molecular weight excluding hydrogens is 318 g/mol. The second kappa shape index (κ2) is 10.0. The fourth-order valence-corrected chi connectivity index (χ4v) is 2.93. The predicted molar refractivity (Wildman–Crippen MR) is 100 cm³/mol. The van der Waals surface area contributed by atoms with Gasteiger partial charge in [-0.25, -0.2) is 0 Å². The van der Waals surface area contributed by atoms with Gasteiger partial charge in [-0.05, 0) is 18.6 Å². The van der Waals surface area contributed by atoms with Crippen molar-refractivity contribution in [2.75, 3.05) is 49.2 Å². The molecule has 0 radical (unpaired) electrons. The standard InChI is InChI=1S/C19H29N3O3/c1-3-4-7-10-20-19(24)15-22(16(2)23)18-9-6-5-8-17(18)21-11-13-25-14-12-21/h5-6,8-9H,3-4,7,10-15H2,1-2H3,(H,20,24). The number of hydrogen-bond acceptors (Lipinski definition) is 4. The van der Waals surface area contributed by atoms with Crippen molar-refractivity contribution in [2.24, 2.45) is 0 Å². The summed E-state index contributed by atoms with van der Waals surface area (Å²) in [6, 6.07) is 7.75. The van der Waals surface area contributed by atoms with Gasteiger partial charge < -0.3 is 19.9 Å². The Morgan fingerprint density at radius 2 is 1.92 bits per heavy atom. The molecule has 6 nitrogen and oxygen atoms in total. The minimum Gasteiger partial charge on any atom is -0.378 e. The Morgan fingerprint density at radius 1 is 1.20 bits per heavy atom. The predicted octanol–water partition coefficient (Wildman–Crippen LogP) is 2.18. The van der Waals surface area contributed by atoms with E-state index in [1.54, 1.807) is 4.90 Å². The molecule has 138 valence electrons.